The molecule has 100 valence electrons. The molecule has 18 heavy (non-hydrogen) atoms. The molecule has 1 saturated carbocycles. The van der Waals surface area contributed by atoms with Crippen molar-refractivity contribution in [2.24, 2.45) is 5.92 Å². The highest BCUT2D eigenvalue weighted by Gasteiger charge is 2.30. The minimum Gasteiger partial charge on any atom is -0.493 e. The molecule has 2 rings (SSSR count). The maximum Gasteiger partial charge on any atom is 0.163 e. The fourth-order valence-corrected chi connectivity index (χ4v) is 2.53. The third-order valence-electron chi connectivity index (χ3n) is 3.77. The van der Waals surface area contributed by atoms with E-state index in [0.717, 1.165) is 12.8 Å². The third kappa shape index (κ3) is 2.29. The Hall–Kier alpha value is -1.29. The monoisotopic (exact) mass is 253 g/mol. The molecule has 0 aliphatic heterocycles. The molecule has 0 amide bonds. The highest BCUT2D eigenvalue weighted by atomic mass is 19.1. The van der Waals surface area contributed by atoms with Crippen LogP contribution in [0.2, 0.25) is 0 Å². The van der Waals surface area contributed by atoms with Crippen molar-refractivity contribution < 1.29 is 13.9 Å². The summed E-state index contributed by atoms with van der Waals surface area (Å²) in [5.74, 6) is 1.29. The number of halogens is 1. The summed E-state index contributed by atoms with van der Waals surface area (Å²) in [5.41, 5.74) is 0.667. The van der Waals surface area contributed by atoms with E-state index in [0.29, 0.717) is 23.0 Å². The summed E-state index contributed by atoms with van der Waals surface area (Å²) < 4.78 is 24.5. The molecule has 1 aromatic rings. The van der Waals surface area contributed by atoms with E-state index in [-0.39, 0.29) is 11.9 Å². The van der Waals surface area contributed by atoms with Gasteiger partial charge in [-0.25, -0.2) is 4.39 Å². The molecule has 0 heterocycles. The Morgan fingerprint density at radius 2 is 1.83 bits per heavy atom. The van der Waals surface area contributed by atoms with Crippen molar-refractivity contribution in [3.8, 4) is 11.5 Å². The second-order valence-corrected chi connectivity index (χ2v) is 4.69. The SMILES string of the molecule is CNC(c1cc(OC)c(OC)cc1F)C1CCC1. The molecule has 1 aliphatic rings. The molecule has 0 radical (unpaired) electrons. The van der Waals surface area contributed by atoms with Gasteiger partial charge in [-0.2, -0.15) is 0 Å². The number of hydrogen-bond acceptors (Lipinski definition) is 3. The van der Waals surface area contributed by atoms with Crippen molar-refractivity contribution in [3.05, 3.63) is 23.5 Å². The molecule has 0 bridgehead atoms. The van der Waals surface area contributed by atoms with Crippen LogP contribution in [0.5, 0.6) is 11.5 Å². The molecular formula is C14H20FNO2. The molecule has 1 atom stereocenters. The quantitative estimate of drug-likeness (QED) is 0.875. The molecule has 1 N–H and O–H groups in total. The van der Waals surface area contributed by atoms with Gasteiger partial charge in [0.25, 0.3) is 0 Å². The first-order valence-corrected chi connectivity index (χ1v) is 6.30. The Bertz CT molecular complexity index is 419. The van der Waals surface area contributed by atoms with Gasteiger partial charge in [-0.3, -0.25) is 0 Å². The molecular weight excluding hydrogens is 233 g/mol. The van der Waals surface area contributed by atoms with Crippen molar-refractivity contribution in [3.63, 3.8) is 0 Å². The van der Waals surface area contributed by atoms with Crippen LogP contribution in [0.3, 0.4) is 0 Å². The van der Waals surface area contributed by atoms with Crippen molar-refractivity contribution in [2.75, 3.05) is 21.3 Å². The van der Waals surface area contributed by atoms with Crippen LogP contribution in [-0.2, 0) is 0 Å². The third-order valence-corrected chi connectivity index (χ3v) is 3.77. The molecule has 1 aromatic carbocycles. The first kappa shape index (κ1) is 13.1. The summed E-state index contributed by atoms with van der Waals surface area (Å²) in [6, 6.07) is 3.20. The Labute approximate surface area is 107 Å². The Morgan fingerprint density at radius 1 is 1.22 bits per heavy atom. The lowest BCUT2D eigenvalue weighted by Gasteiger charge is -2.34. The van der Waals surface area contributed by atoms with Gasteiger partial charge in [-0.1, -0.05) is 6.42 Å². The van der Waals surface area contributed by atoms with Crippen LogP contribution in [0, 0.1) is 11.7 Å². The van der Waals surface area contributed by atoms with Gasteiger partial charge in [0.05, 0.1) is 14.2 Å². The standard InChI is InChI=1S/C14H20FNO2/c1-16-14(9-5-4-6-9)10-7-12(17-2)13(18-3)8-11(10)15/h7-9,14,16H,4-6H2,1-3H3. The summed E-state index contributed by atoms with van der Waals surface area (Å²) in [5, 5.41) is 3.21. The minimum absolute atomic E-state index is 0.0542. The van der Waals surface area contributed by atoms with Gasteiger partial charge in [0.15, 0.2) is 11.5 Å². The first-order valence-electron chi connectivity index (χ1n) is 6.30. The number of ether oxygens (including phenoxy) is 2. The molecule has 4 heteroatoms. The smallest absolute Gasteiger partial charge is 0.163 e. The Kier molecular flexibility index (Phi) is 4.07. The van der Waals surface area contributed by atoms with Gasteiger partial charge in [0.2, 0.25) is 0 Å². The van der Waals surface area contributed by atoms with Crippen molar-refractivity contribution in [1.82, 2.24) is 5.32 Å². The molecule has 1 unspecified atom stereocenters. The highest BCUT2D eigenvalue weighted by Crippen LogP contribution is 2.41. The van der Waals surface area contributed by atoms with E-state index in [1.165, 1.54) is 19.6 Å². The van der Waals surface area contributed by atoms with Crippen molar-refractivity contribution >= 4 is 0 Å². The second kappa shape index (κ2) is 5.57. The summed E-state index contributed by atoms with van der Waals surface area (Å²) in [7, 11) is 4.95. The fourth-order valence-electron chi connectivity index (χ4n) is 2.53. The average Bonchev–Trinajstić information content (AvgIpc) is 2.33. The van der Waals surface area contributed by atoms with Crippen molar-refractivity contribution in [2.45, 2.75) is 25.3 Å². The number of methoxy groups -OCH3 is 2. The normalized spacial score (nSPS) is 17.1. The summed E-state index contributed by atoms with van der Waals surface area (Å²) >= 11 is 0. The predicted molar refractivity (Wildman–Crippen MR) is 68.6 cm³/mol. The number of hydrogen-bond donors (Lipinski definition) is 1. The lowest BCUT2D eigenvalue weighted by Crippen LogP contribution is -2.30. The van der Waals surface area contributed by atoms with Crippen molar-refractivity contribution in [1.29, 1.82) is 0 Å². The predicted octanol–water partition coefficient (Wildman–Crippen LogP) is 2.90. The van der Waals surface area contributed by atoms with Crippen LogP contribution < -0.4 is 14.8 Å². The van der Waals surface area contributed by atoms with Gasteiger partial charge >= 0.3 is 0 Å². The zero-order chi connectivity index (χ0) is 13.1. The number of rotatable bonds is 5. The lowest BCUT2D eigenvalue weighted by atomic mass is 9.77. The van der Waals surface area contributed by atoms with E-state index in [1.54, 1.807) is 13.2 Å². The Balaban J connectivity index is 2.36. The summed E-state index contributed by atoms with van der Waals surface area (Å²) in [4.78, 5) is 0. The van der Waals surface area contributed by atoms with E-state index in [4.69, 9.17) is 9.47 Å². The van der Waals surface area contributed by atoms with E-state index < -0.39 is 0 Å². The molecule has 3 nitrogen and oxygen atoms in total. The van der Waals surface area contributed by atoms with Crippen LogP contribution in [0.25, 0.3) is 0 Å². The van der Waals surface area contributed by atoms with Gasteiger partial charge in [0, 0.05) is 17.7 Å². The second-order valence-electron chi connectivity index (χ2n) is 4.69. The topological polar surface area (TPSA) is 30.5 Å². The highest BCUT2D eigenvalue weighted by molar-refractivity contribution is 5.45. The largest absolute Gasteiger partial charge is 0.493 e. The molecule has 1 aliphatic carbocycles. The number of nitrogens with one attached hydrogen (secondary N) is 1. The van der Waals surface area contributed by atoms with Gasteiger partial charge < -0.3 is 14.8 Å². The maximum absolute atomic E-state index is 14.1. The average molecular weight is 253 g/mol. The zero-order valence-electron chi connectivity index (χ0n) is 11.1. The van der Waals surface area contributed by atoms with E-state index >= 15 is 0 Å². The minimum atomic E-state index is -0.237. The van der Waals surface area contributed by atoms with Crippen LogP contribution >= 0.6 is 0 Å². The fraction of sp³-hybridized carbons (Fsp3) is 0.571. The van der Waals surface area contributed by atoms with Crippen LogP contribution in [0.1, 0.15) is 30.9 Å². The van der Waals surface area contributed by atoms with E-state index in [2.05, 4.69) is 5.32 Å². The van der Waals surface area contributed by atoms with E-state index in [9.17, 15) is 4.39 Å². The van der Waals surface area contributed by atoms with Gasteiger partial charge in [-0.15, -0.1) is 0 Å². The van der Waals surface area contributed by atoms with Gasteiger partial charge in [-0.05, 0) is 31.9 Å². The van der Waals surface area contributed by atoms with Crippen LogP contribution in [0.15, 0.2) is 12.1 Å². The Morgan fingerprint density at radius 3 is 2.28 bits per heavy atom. The van der Waals surface area contributed by atoms with Crippen LogP contribution in [-0.4, -0.2) is 21.3 Å². The summed E-state index contributed by atoms with van der Waals surface area (Å²) in [6.07, 6.45) is 3.54. The zero-order valence-corrected chi connectivity index (χ0v) is 11.1. The van der Waals surface area contributed by atoms with E-state index in [1.807, 2.05) is 7.05 Å². The molecule has 0 aromatic heterocycles. The van der Waals surface area contributed by atoms with Gasteiger partial charge in [0.1, 0.15) is 5.82 Å². The molecule has 0 spiro atoms. The summed E-state index contributed by atoms with van der Waals surface area (Å²) in [6.45, 7) is 0. The maximum atomic E-state index is 14.1. The molecule has 1 fully saturated rings. The lowest BCUT2D eigenvalue weighted by molar-refractivity contribution is 0.234. The number of benzene rings is 1. The molecule has 0 saturated heterocycles. The van der Waals surface area contributed by atoms with Crippen LogP contribution in [0.4, 0.5) is 4.39 Å². The first-order chi connectivity index (χ1) is 8.71.